The second kappa shape index (κ2) is 13.9. The molecular formula is C39H43N4O5+. The number of aliphatic hydroxyl groups excluding tert-OH is 1. The van der Waals surface area contributed by atoms with E-state index in [2.05, 4.69) is 69.0 Å². The molecule has 6 rings (SSSR count). The van der Waals surface area contributed by atoms with E-state index >= 15 is 0 Å². The number of benzene rings is 3. The molecule has 3 aromatic carbocycles. The Bertz CT molecular complexity index is 1880. The summed E-state index contributed by atoms with van der Waals surface area (Å²) >= 11 is 0. The predicted octanol–water partition coefficient (Wildman–Crippen LogP) is 2.84. The van der Waals surface area contributed by atoms with E-state index in [0.717, 1.165) is 77.4 Å². The summed E-state index contributed by atoms with van der Waals surface area (Å²) in [6.45, 7) is 13.7. The highest BCUT2D eigenvalue weighted by atomic mass is 16.5. The quantitative estimate of drug-likeness (QED) is 0.225. The lowest BCUT2D eigenvalue weighted by Gasteiger charge is -2.35. The zero-order valence-electron chi connectivity index (χ0n) is 28.1. The number of carbonyl (C=O) groups is 3. The van der Waals surface area contributed by atoms with Crippen LogP contribution in [-0.2, 0) is 14.4 Å². The fraction of sp³-hybridized carbons (Fsp3) is 0.308. The number of ketones is 2. The molecule has 0 spiro atoms. The van der Waals surface area contributed by atoms with Gasteiger partial charge in [0.2, 0.25) is 0 Å². The van der Waals surface area contributed by atoms with E-state index in [0.29, 0.717) is 31.4 Å². The van der Waals surface area contributed by atoms with Crippen molar-refractivity contribution in [1.29, 1.82) is 0 Å². The van der Waals surface area contributed by atoms with Gasteiger partial charge in [-0.25, -0.2) is 0 Å². The highest BCUT2D eigenvalue weighted by Gasteiger charge is 2.30. The van der Waals surface area contributed by atoms with Crippen LogP contribution in [0.1, 0.15) is 38.8 Å². The Morgan fingerprint density at radius 2 is 1.48 bits per heavy atom. The predicted molar refractivity (Wildman–Crippen MR) is 187 cm³/mol. The molecule has 3 aromatic rings. The fourth-order valence-electron chi connectivity index (χ4n) is 6.87. The third-order valence-electron chi connectivity index (χ3n) is 9.58. The molecule has 1 amide bonds. The zero-order chi connectivity index (χ0) is 33.9. The number of fused-ring (bicyclic) bond motifs is 2. The molecule has 0 unspecified atom stereocenters. The third kappa shape index (κ3) is 6.13. The van der Waals surface area contributed by atoms with Gasteiger partial charge in [-0.05, 0) is 75.4 Å². The molecule has 0 aromatic heterocycles. The third-order valence-corrected chi connectivity index (χ3v) is 9.58. The van der Waals surface area contributed by atoms with Gasteiger partial charge in [-0.1, -0.05) is 18.2 Å². The van der Waals surface area contributed by atoms with E-state index in [1.54, 1.807) is 4.90 Å². The molecule has 9 nitrogen and oxygen atoms in total. The minimum absolute atomic E-state index is 0.113. The van der Waals surface area contributed by atoms with Crippen molar-refractivity contribution in [3.05, 3.63) is 106 Å². The second-order valence-electron chi connectivity index (χ2n) is 12.2. The summed E-state index contributed by atoms with van der Waals surface area (Å²) in [6, 6.07) is 20.6. The molecule has 0 radical (unpaired) electrons. The van der Waals surface area contributed by atoms with Gasteiger partial charge in [0.05, 0.1) is 18.7 Å². The Kier molecular flexibility index (Phi) is 9.50. The zero-order valence-corrected chi connectivity index (χ0v) is 28.1. The SMILES string of the molecule is CCN(CC)c1ccc2c(c1)Oc1cc([NH+](CC)CC)ccc1C2=c1ccccc1=C(O)N1CCN(C(=O)C2=CC(=O)C=CC2=O)CC1. The van der Waals surface area contributed by atoms with Crippen molar-refractivity contribution in [3.63, 3.8) is 0 Å². The molecule has 2 heterocycles. The lowest BCUT2D eigenvalue weighted by Crippen LogP contribution is -3.06. The van der Waals surface area contributed by atoms with Crippen LogP contribution in [0.4, 0.5) is 11.4 Å². The number of ether oxygens (including phenoxy) is 1. The van der Waals surface area contributed by atoms with Crippen LogP contribution in [-0.4, -0.2) is 84.7 Å². The van der Waals surface area contributed by atoms with Crippen molar-refractivity contribution in [2.75, 3.05) is 57.3 Å². The number of allylic oxidation sites excluding steroid dienone is 3. The van der Waals surface area contributed by atoms with Gasteiger partial charge < -0.3 is 29.4 Å². The summed E-state index contributed by atoms with van der Waals surface area (Å²) in [5.41, 5.74) is 5.03. The molecule has 0 atom stereocenters. The number of hydrogen-bond acceptors (Lipinski definition) is 7. The number of piperazine rings is 1. The summed E-state index contributed by atoms with van der Waals surface area (Å²) in [7, 11) is 0. The van der Waals surface area contributed by atoms with Crippen LogP contribution in [0.3, 0.4) is 0 Å². The average Bonchev–Trinajstić information content (AvgIpc) is 3.12. The first-order chi connectivity index (χ1) is 23.3. The molecule has 248 valence electrons. The molecule has 0 saturated carbocycles. The van der Waals surface area contributed by atoms with Crippen LogP contribution in [0.25, 0.3) is 11.5 Å². The molecule has 2 N–H and O–H groups in total. The number of hydrogen-bond donors (Lipinski definition) is 2. The van der Waals surface area contributed by atoms with Crippen molar-refractivity contribution < 1.29 is 29.1 Å². The molecule has 2 aliphatic heterocycles. The van der Waals surface area contributed by atoms with Crippen LogP contribution < -0.4 is 25.0 Å². The number of aliphatic hydroxyl groups is 1. The van der Waals surface area contributed by atoms with Crippen LogP contribution in [0.5, 0.6) is 11.5 Å². The van der Waals surface area contributed by atoms with Gasteiger partial charge in [0.1, 0.15) is 17.2 Å². The van der Waals surface area contributed by atoms with Crippen molar-refractivity contribution in [2.24, 2.45) is 0 Å². The minimum Gasteiger partial charge on any atom is -0.494 e. The molecule has 48 heavy (non-hydrogen) atoms. The molecule has 1 saturated heterocycles. The van der Waals surface area contributed by atoms with Crippen molar-refractivity contribution >= 4 is 40.3 Å². The maximum atomic E-state index is 13.1. The summed E-state index contributed by atoms with van der Waals surface area (Å²) in [4.78, 5) is 44.3. The highest BCUT2D eigenvalue weighted by Crippen LogP contribution is 2.44. The second-order valence-corrected chi connectivity index (χ2v) is 12.2. The smallest absolute Gasteiger partial charge is 0.258 e. The monoisotopic (exact) mass is 647 g/mol. The van der Waals surface area contributed by atoms with Crippen LogP contribution in [0.2, 0.25) is 0 Å². The standard InChI is InChI=1S/C39H42N4O5/c1-5-40(6-2)26-13-16-31-35(23-26)48-36-24-27(41(7-3)8-4)14-17-32(36)37(31)29-11-9-10-12-30(29)38(46)42-19-21-43(22-20-42)39(47)33-25-28(44)15-18-34(33)45/h9-18,23-25,46H,5-8,19-22H2,1-4H3/p+1. The minimum atomic E-state index is -0.464. The normalized spacial score (nSPS) is 17.5. The Balaban J connectivity index is 1.44. The van der Waals surface area contributed by atoms with Gasteiger partial charge in [0.25, 0.3) is 5.91 Å². The molecule has 1 fully saturated rings. The first-order valence-corrected chi connectivity index (χ1v) is 16.9. The lowest BCUT2D eigenvalue weighted by atomic mass is 9.90. The van der Waals surface area contributed by atoms with Gasteiger partial charge in [0.15, 0.2) is 17.4 Å². The van der Waals surface area contributed by atoms with E-state index in [9.17, 15) is 19.5 Å². The van der Waals surface area contributed by atoms with Gasteiger partial charge in [0, 0.05) is 85.1 Å². The molecule has 3 aliphatic rings. The number of carbonyl (C=O) groups excluding carboxylic acids is 3. The number of rotatable bonds is 8. The summed E-state index contributed by atoms with van der Waals surface area (Å²) < 4.78 is 6.67. The fourth-order valence-corrected chi connectivity index (χ4v) is 6.87. The number of nitrogens with zero attached hydrogens (tertiary/aromatic N) is 3. The van der Waals surface area contributed by atoms with Crippen LogP contribution >= 0.6 is 0 Å². The number of anilines is 1. The highest BCUT2D eigenvalue weighted by molar-refractivity contribution is 6.30. The van der Waals surface area contributed by atoms with E-state index in [-0.39, 0.29) is 17.2 Å². The largest absolute Gasteiger partial charge is 0.494 e. The Morgan fingerprint density at radius 3 is 2.17 bits per heavy atom. The van der Waals surface area contributed by atoms with E-state index in [4.69, 9.17) is 4.74 Å². The van der Waals surface area contributed by atoms with Crippen molar-refractivity contribution in [1.82, 2.24) is 9.80 Å². The average molecular weight is 648 g/mol. The lowest BCUT2D eigenvalue weighted by molar-refractivity contribution is -0.828. The number of amides is 1. The van der Waals surface area contributed by atoms with Crippen molar-refractivity contribution in [3.8, 4) is 11.5 Å². The number of nitrogens with one attached hydrogen (secondary N) is 1. The Hall–Kier alpha value is -5.15. The molecule has 0 bridgehead atoms. The maximum absolute atomic E-state index is 13.1. The summed E-state index contributed by atoms with van der Waals surface area (Å²) in [5, 5.41) is 13.4. The van der Waals surface area contributed by atoms with E-state index in [1.165, 1.54) is 16.7 Å². The molecule has 9 heteroatoms. The Morgan fingerprint density at radius 1 is 0.833 bits per heavy atom. The van der Waals surface area contributed by atoms with Crippen LogP contribution in [0, 0.1) is 0 Å². The first-order valence-electron chi connectivity index (χ1n) is 16.9. The Labute approximate surface area is 281 Å². The molecular weight excluding hydrogens is 604 g/mol. The first kappa shape index (κ1) is 32.8. The van der Waals surface area contributed by atoms with Gasteiger partial charge in [-0.3, -0.25) is 14.4 Å². The van der Waals surface area contributed by atoms with Crippen molar-refractivity contribution in [2.45, 2.75) is 27.7 Å². The topological polar surface area (TPSA) is 94.8 Å². The number of quaternary nitrogens is 1. The summed E-state index contributed by atoms with van der Waals surface area (Å²) in [5.74, 6) is 0.382. The van der Waals surface area contributed by atoms with E-state index in [1.807, 2.05) is 29.2 Å². The molecule has 1 aliphatic carbocycles. The van der Waals surface area contributed by atoms with Gasteiger partial charge in [-0.15, -0.1) is 0 Å². The van der Waals surface area contributed by atoms with Crippen LogP contribution in [0.15, 0.2) is 84.5 Å². The van der Waals surface area contributed by atoms with Gasteiger partial charge >= 0.3 is 0 Å². The van der Waals surface area contributed by atoms with E-state index < -0.39 is 11.7 Å². The van der Waals surface area contributed by atoms with Gasteiger partial charge in [-0.2, -0.15) is 0 Å². The maximum Gasteiger partial charge on any atom is 0.258 e. The summed E-state index contributed by atoms with van der Waals surface area (Å²) in [6.07, 6.45) is 3.42.